The first-order chi connectivity index (χ1) is 13.0. The van der Waals surface area contributed by atoms with Gasteiger partial charge >= 0.3 is 6.18 Å². The standard InChI is InChI=1S/C16H10BrClF3N3O3S/c17-9-5-11(18)15(25)13(6-9)28(26,27)23-14-7-24(8-22-14)12-4-2-1-3-10(12)16(19,20)21/h1-8,23,25H. The summed E-state index contributed by atoms with van der Waals surface area (Å²) in [7, 11) is -4.31. The van der Waals surface area contributed by atoms with Gasteiger partial charge in [-0.15, -0.1) is 0 Å². The Morgan fingerprint density at radius 3 is 2.57 bits per heavy atom. The molecule has 0 saturated carbocycles. The van der Waals surface area contributed by atoms with Crippen molar-refractivity contribution in [3.05, 3.63) is 64.0 Å². The van der Waals surface area contributed by atoms with Crippen molar-refractivity contribution in [1.82, 2.24) is 9.55 Å². The van der Waals surface area contributed by atoms with Gasteiger partial charge in [-0.25, -0.2) is 13.4 Å². The molecule has 2 N–H and O–H groups in total. The summed E-state index contributed by atoms with van der Waals surface area (Å²) in [5, 5.41) is 9.73. The van der Waals surface area contributed by atoms with Crippen molar-refractivity contribution >= 4 is 43.4 Å². The zero-order valence-electron chi connectivity index (χ0n) is 13.6. The lowest BCUT2D eigenvalue weighted by atomic mass is 10.1. The number of halogens is 5. The van der Waals surface area contributed by atoms with Gasteiger partial charge in [0, 0.05) is 4.47 Å². The van der Waals surface area contributed by atoms with Crippen LogP contribution in [-0.2, 0) is 16.2 Å². The minimum Gasteiger partial charge on any atom is -0.505 e. The molecule has 0 atom stereocenters. The second kappa shape index (κ2) is 7.30. The topological polar surface area (TPSA) is 84.2 Å². The Balaban J connectivity index is 1.97. The third-order valence-corrected chi connectivity index (χ3v) is 5.71. The molecule has 0 amide bonds. The Labute approximate surface area is 170 Å². The van der Waals surface area contributed by atoms with E-state index in [0.29, 0.717) is 4.47 Å². The smallest absolute Gasteiger partial charge is 0.418 e. The molecule has 3 rings (SSSR count). The van der Waals surface area contributed by atoms with Gasteiger partial charge in [-0.05, 0) is 24.3 Å². The Morgan fingerprint density at radius 1 is 1.21 bits per heavy atom. The number of sulfonamides is 1. The zero-order valence-corrected chi connectivity index (χ0v) is 16.7. The fraction of sp³-hybridized carbons (Fsp3) is 0.0625. The number of alkyl halides is 3. The van der Waals surface area contributed by atoms with Crippen LogP contribution in [0.15, 0.2) is 58.3 Å². The molecule has 0 saturated heterocycles. The van der Waals surface area contributed by atoms with Crippen molar-refractivity contribution in [2.45, 2.75) is 11.1 Å². The van der Waals surface area contributed by atoms with Gasteiger partial charge in [0.2, 0.25) is 0 Å². The first kappa shape index (κ1) is 20.5. The molecule has 148 valence electrons. The van der Waals surface area contributed by atoms with E-state index >= 15 is 0 Å². The molecule has 0 unspecified atom stereocenters. The summed E-state index contributed by atoms with van der Waals surface area (Å²) in [6.45, 7) is 0. The van der Waals surface area contributed by atoms with Crippen molar-refractivity contribution in [3.63, 3.8) is 0 Å². The molecule has 0 aliphatic heterocycles. The summed E-state index contributed by atoms with van der Waals surface area (Å²) in [4.78, 5) is 3.26. The maximum Gasteiger partial charge on any atom is 0.418 e. The van der Waals surface area contributed by atoms with Crippen LogP contribution in [0.25, 0.3) is 5.69 Å². The average molecular weight is 497 g/mol. The van der Waals surface area contributed by atoms with Gasteiger partial charge in [0.25, 0.3) is 10.0 Å². The second-order valence-electron chi connectivity index (χ2n) is 5.52. The summed E-state index contributed by atoms with van der Waals surface area (Å²) in [6.07, 6.45) is -2.48. The van der Waals surface area contributed by atoms with Crippen LogP contribution in [0.3, 0.4) is 0 Å². The Hall–Kier alpha value is -2.24. The molecule has 0 aliphatic carbocycles. The highest BCUT2D eigenvalue weighted by Crippen LogP contribution is 2.36. The first-order valence-electron chi connectivity index (χ1n) is 7.40. The van der Waals surface area contributed by atoms with Crippen LogP contribution >= 0.6 is 27.5 Å². The number of phenols is 1. The minimum absolute atomic E-state index is 0.195. The molecule has 1 heterocycles. The summed E-state index contributed by atoms with van der Waals surface area (Å²) < 4.78 is 68.0. The van der Waals surface area contributed by atoms with Crippen LogP contribution in [0.5, 0.6) is 5.75 Å². The van der Waals surface area contributed by atoms with Gasteiger partial charge in [0.05, 0.1) is 22.5 Å². The van der Waals surface area contributed by atoms with E-state index in [1.165, 1.54) is 24.3 Å². The molecule has 2 aromatic carbocycles. The van der Waals surface area contributed by atoms with Crippen LogP contribution in [-0.4, -0.2) is 23.1 Å². The maximum absolute atomic E-state index is 13.2. The number of rotatable bonds is 4. The molecule has 0 fully saturated rings. The molecule has 28 heavy (non-hydrogen) atoms. The average Bonchev–Trinajstić information content (AvgIpc) is 3.05. The van der Waals surface area contributed by atoms with E-state index in [9.17, 15) is 26.7 Å². The molecule has 12 heteroatoms. The number of nitrogens with zero attached hydrogens (tertiary/aromatic N) is 2. The SMILES string of the molecule is O=S(=O)(Nc1cn(-c2ccccc2C(F)(F)F)cn1)c1cc(Br)cc(Cl)c1O. The van der Waals surface area contributed by atoms with Gasteiger partial charge < -0.3 is 9.67 Å². The predicted octanol–water partition coefficient (Wildman–Crippen LogP) is 4.81. The van der Waals surface area contributed by atoms with Gasteiger partial charge in [-0.1, -0.05) is 39.7 Å². The van der Waals surface area contributed by atoms with Crippen LogP contribution in [0.2, 0.25) is 5.02 Å². The van der Waals surface area contributed by atoms with E-state index in [-0.39, 0.29) is 16.5 Å². The number of aromatic hydroxyl groups is 1. The molecule has 0 spiro atoms. The van der Waals surface area contributed by atoms with Gasteiger partial charge in [0.1, 0.15) is 11.2 Å². The summed E-state index contributed by atoms with van der Waals surface area (Å²) in [5.41, 5.74) is -1.13. The van der Waals surface area contributed by atoms with E-state index in [1.807, 2.05) is 0 Å². The van der Waals surface area contributed by atoms with E-state index in [0.717, 1.165) is 29.2 Å². The highest BCUT2D eigenvalue weighted by atomic mass is 79.9. The number of hydrogen-bond acceptors (Lipinski definition) is 4. The van der Waals surface area contributed by atoms with Gasteiger partial charge in [0.15, 0.2) is 11.6 Å². The van der Waals surface area contributed by atoms with Crippen molar-refractivity contribution < 1.29 is 26.7 Å². The molecule has 3 aromatic rings. The van der Waals surface area contributed by atoms with E-state index < -0.39 is 32.4 Å². The Morgan fingerprint density at radius 2 is 1.89 bits per heavy atom. The monoisotopic (exact) mass is 495 g/mol. The maximum atomic E-state index is 13.2. The molecule has 0 radical (unpaired) electrons. The third-order valence-electron chi connectivity index (χ3n) is 3.59. The van der Waals surface area contributed by atoms with Gasteiger partial charge in [-0.2, -0.15) is 13.2 Å². The van der Waals surface area contributed by atoms with Crippen LogP contribution < -0.4 is 4.72 Å². The minimum atomic E-state index is -4.60. The summed E-state index contributed by atoms with van der Waals surface area (Å²) >= 11 is 8.85. The van der Waals surface area contributed by atoms with Crippen LogP contribution in [0, 0.1) is 0 Å². The fourth-order valence-corrected chi connectivity index (χ4v) is 4.54. The fourth-order valence-electron chi connectivity index (χ4n) is 2.39. The van der Waals surface area contributed by atoms with Crippen molar-refractivity contribution in [2.75, 3.05) is 4.72 Å². The molecular formula is C16H10BrClF3N3O3S. The normalized spacial score (nSPS) is 12.2. The Kier molecular flexibility index (Phi) is 5.34. The number of benzene rings is 2. The molecule has 6 nitrogen and oxygen atoms in total. The number of nitrogens with one attached hydrogen (secondary N) is 1. The predicted molar refractivity (Wildman–Crippen MR) is 100 cm³/mol. The number of imidazole rings is 1. The van der Waals surface area contributed by atoms with Crippen LogP contribution in [0.1, 0.15) is 5.56 Å². The number of aromatic nitrogens is 2. The quantitative estimate of drug-likeness (QED) is 0.543. The van der Waals surface area contributed by atoms with Crippen molar-refractivity contribution in [2.24, 2.45) is 0 Å². The van der Waals surface area contributed by atoms with E-state index in [4.69, 9.17) is 11.6 Å². The number of para-hydroxylation sites is 1. The van der Waals surface area contributed by atoms with E-state index in [2.05, 4.69) is 25.6 Å². The highest BCUT2D eigenvalue weighted by Gasteiger charge is 2.33. The summed E-state index contributed by atoms with van der Waals surface area (Å²) in [5.74, 6) is -0.910. The summed E-state index contributed by atoms with van der Waals surface area (Å²) in [6, 6.07) is 7.21. The van der Waals surface area contributed by atoms with E-state index in [1.54, 1.807) is 0 Å². The molecule has 1 aromatic heterocycles. The largest absolute Gasteiger partial charge is 0.505 e. The lowest BCUT2D eigenvalue weighted by Gasteiger charge is -2.12. The number of hydrogen-bond donors (Lipinski definition) is 2. The highest BCUT2D eigenvalue weighted by molar-refractivity contribution is 9.10. The lowest BCUT2D eigenvalue weighted by Crippen LogP contribution is -2.13. The number of anilines is 1. The van der Waals surface area contributed by atoms with Crippen molar-refractivity contribution in [3.8, 4) is 11.4 Å². The zero-order chi connectivity index (χ0) is 20.7. The third kappa shape index (κ3) is 4.10. The van der Waals surface area contributed by atoms with Gasteiger partial charge in [-0.3, -0.25) is 4.72 Å². The van der Waals surface area contributed by atoms with Crippen LogP contribution in [0.4, 0.5) is 19.0 Å². The lowest BCUT2D eigenvalue weighted by molar-refractivity contribution is -0.137. The first-order valence-corrected chi connectivity index (χ1v) is 10.1. The Bertz CT molecular complexity index is 1150. The molecule has 0 bridgehead atoms. The molecule has 0 aliphatic rings. The molecular weight excluding hydrogens is 487 g/mol. The number of phenolic OH excluding ortho intramolecular Hbond substituents is 1. The van der Waals surface area contributed by atoms with Crippen molar-refractivity contribution in [1.29, 1.82) is 0 Å². The second-order valence-corrected chi connectivity index (χ2v) is 8.49.